The first-order valence-electron chi connectivity index (χ1n) is 10.0. The zero-order valence-corrected chi connectivity index (χ0v) is 18.1. The summed E-state index contributed by atoms with van der Waals surface area (Å²) in [5.41, 5.74) is 1.00. The number of piperidine rings is 1. The van der Waals surface area contributed by atoms with Crippen molar-refractivity contribution in [1.82, 2.24) is 19.0 Å². The lowest BCUT2D eigenvalue weighted by atomic mass is 10.1. The molecule has 1 amide bonds. The first kappa shape index (κ1) is 21.0. The number of carbonyl (C=O) groups is 1. The summed E-state index contributed by atoms with van der Waals surface area (Å²) < 4.78 is 4.43. The van der Waals surface area contributed by atoms with Gasteiger partial charge in [-0.15, -0.1) is 0 Å². The molecule has 164 valence electrons. The van der Waals surface area contributed by atoms with Gasteiger partial charge in [-0.25, -0.2) is 9.59 Å². The number of aromatic nitrogens is 3. The van der Waals surface area contributed by atoms with Crippen LogP contribution in [0.15, 0.2) is 39.9 Å². The molecule has 1 saturated heterocycles. The molecule has 0 spiro atoms. The van der Waals surface area contributed by atoms with Crippen LogP contribution >= 0.6 is 11.6 Å². The Bertz CT molecular complexity index is 1280. The standard InChI is InChI=1S/C21H24ClN5O4/c1-24-16-10-17(26-9-5-7-14(12-26)23-20(29)30)27(11-13-6-3-4-8-15(13)22)18(16)19(28)25(2)21(24)31/h3-4,6,8,10,14,23H,5,7,9,11-12H2,1-2H3,(H,29,30)/t14-/m1/s1. The quantitative estimate of drug-likeness (QED) is 0.639. The highest BCUT2D eigenvalue weighted by molar-refractivity contribution is 6.31. The maximum atomic E-state index is 13.1. The van der Waals surface area contributed by atoms with Crippen LogP contribution in [-0.2, 0) is 20.6 Å². The summed E-state index contributed by atoms with van der Waals surface area (Å²) in [5.74, 6) is 0.755. The third-order valence-electron chi connectivity index (χ3n) is 5.86. The molecular formula is C21H24ClN5O4. The van der Waals surface area contributed by atoms with Crippen molar-refractivity contribution in [2.45, 2.75) is 25.4 Å². The first-order valence-corrected chi connectivity index (χ1v) is 10.4. The van der Waals surface area contributed by atoms with E-state index < -0.39 is 11.8 Å². The fourth-order valence-corrected chi connectivity index (χ4v) is 4.47. The van der Waals surface area contributed by atoms with E-state index in [1.807, 2.05) is 28.8 Å². The number of aryl methyl sites for hydroxylation is 1. The zero-order chi connectivity index (χ0) is 22.3. The number of hydrogen-bond donors (Lipinski definition) is 2. The number of carboxylic acid groups (broad SMARTS) is 1. The van der Waals surface area contributed by atoms with Gasteiger partial charge < -0.3 is 19.9 Å². The maximum Gasteiger partial charge on any atom is 0.404 e. The van der Waals surface area contributed by atoms with E-state index in [4.69, 9.17) is 16.7 Å². The Hall–Kier alpha value is -3.20. The molecule has 3 aromatic rings. The number of benzene rings is 1. The number of anilines is 1. The number of fused-ring (bicyclic) bond motifs is 1. The van der Waals surface area contributed by atoms with Gasteiger partial charge in [0, 0.05) is 44.3 Å². The number of halogens is 1. The fraction of sp³-hybridized carbons (Fsp3) is 0.381. The van der Waals surface area contributed by atoms with Crippen LogP contribution in [0.1, 0.15) is 18.4 Å². The average Bonchev–Trinajstić information content (AvgIpc) is 3.11. The molecule has 0 bridgehead atoms. The second-order valence-corrected chi connectivity index (χ2v) is 8.26. The van der Waals surface area contributed by atoms with E-state index in [1.165, 1.54) is 11.6 Å². The maximum absolute atomic E-state index is 13.1. The number of nitrogens with zero attached hydrogens (tertiary/aromatic N) is 4. The fourth-order valence-electron chi connectivity index (χ4n) is 4.27. The predicted octanol–water partition coefficient (Wildman–Crippen LogP) is 1.98. The zero-order valence-electron chi connectivity index (χ0n) is 17.3. The molecule has 1 aliphatic rings. The summed E-state index contributed by atoms with van der Waals surface area (Å²) in [7, 11) is 3.10. The lowest BCUT2D eigenvalue weighted by molar-refractivity contribution is 0.188. The molecule has 0 radical (unpaired) electrons. The van der Waals surface area contributed by atoms with Gasteiger partial charge >= 0.3 is 11.8 Å². The molecule has 1 aliphatic heterocycles. The molecule has 1 atom stereocenters. The minimum atomic E-state index is -1.06. The van der Waals surface area contributed by atoms with Crippen LogP contribution in [0.25, 0.3) is 11.0 Å². The third-order valence-corrected chi connectivity index (χ3v) is 6.23. The summed E-state index contributed by atoms with van der Waals surface area (Å²) in [6.45, 7) is 1.53. The largest absolute Gasteiger partial charge is 0.465 e. The summed E-state index contributed by atoms with van der Waals surface area (Å²) in [5, 5.41) is 12.3. The summed E-state index contributed by atoms with van der Waals surface area (Å²) >= 11 is 6.40. The minimum Gasteiger partial charge on any atom is -0.465 e. The van der Waals surface area contributed by atoms with Gasteiger partial charge in [-0.05, 0) is 24.5 Å². The van der Waals surface area contributed by atoms with Gasteiger partial charge in [0.25, 0.3) is 5.56 Å². The topological polar surface area (TPSA) is 102 Å². The van der Waals surface area contributed by atoms with Crippen molar-refractivity contribution in [2.75, 3.05) is 18.0 Å². The Balaban J connectivity index is 1.90. The lowest BCUT2D eigenvalue weighted by Crippen LogP contribution is -2.48. The molecule has 31 heavy (non-hydrogen) atoms. The average molecular weight is 446 g/mol. The van der Waals surface area contributed by atoms with Crippen LogP contribution in [0.5, 0.6) is 0 Å². The first-order chi connectivity index (χ1) is 14.8. The molecule has 2 N–H and O–H groups in total. The predicted molar refractivity (Wildman–Crippen MR) is 119 cm³/mol. The Morgan fingerprint density at radius 3 is 2.68 bits per heavy atom. The van der Waals surface area contributed by atoms with E-state index in [-0.39, 0.29) is 11.6 Å². The molecule has 0 aliphatic carbocycles. The van der Waals surface area contributed by atoms with Crippen molar-refractivity contribution in [2.24, 2.45) is 14.1 Å². The van der Waals surface area contributed by atoms with Gasteiger partial charge in [0.2, 0.25) is 0 Å². The molecule has 3 heterocycles. The van der Waals surface area contributed by atoms with Crippen molar-refractivity contribution < 1.29 is 9.90 Å². The summed E-state index contributed by atoms with van der Waals surface area (Å²) in [4.78, 5) is 38.8. The van der Waals surface area contributed by atoms with Gasteiger partial charge in [-0.2, -0.15) is 0 Å². The molecule has 1 aromatic carbocycles. The van der Waals surface area contributed by atoms with Crippen molar-refractivity contribution in [3.05, 3.63) is 61.8 Å². The van der Waals surface area contributed by atoms with Crippen LogP contribution in [0.3, 0.4) is 0 Å². The third kappa shape index (κ3) is 3.81. The van der Waals surface area contributed by atoms with Gasteiger partial charge in [0.15, 0.2) is 0 Å². The number of amides is 1. The SMILES string of the molecule is Cn1c(=O)c2c(cc(N3CCC[C@@H](NC(=O)O)C3)n2Cc2ccccc2Cl)n(C)c1=O. The highest BCUT2D eigenvalue weighted by Gasteiger charge is 2.26. The van der Waals surface area contributed by atoms with E-state index in [1.54, 1.807) is 13.1 Å². The highest BCUT2D eigenvalue weighted by atomic mass is 35.5. The number of hydrogen-bond acceptors (Lipinski definition) is 4. The van der Waals surface area contributed by atoms with Gasteiger partial charge in [0.05, 0.1) is 12.1 Å². The monoisotopic (exact) mass is 445 g/mol. The molecule has 2 aromatic heterocycles. The van der Waals surface area contributed by atoms with Crippen LogP contribution in [0.2, 0.25) is 5.02 Å². The van der Waals surface area contributed by atoms with Crippen LogP contribution in [0.4, 0.5) is 10.6 Å². The molecule has 9 nitrogen and oxygen atoms in total. The summed E-state index contributed by atoms with van der Waals surface area (Å²) in [6.07, 6.45) is 0.489. The lowest BCUT2D eigenvalue weighted by Gasteiger charge is -2.34. The smallest absolute Gasteiger partial charge is 0.404 e. The molecular weight excluding hydrogens is 422 g/mol. The molecule has 1 fully saturated rings. The van der Waals surface area contributed by atoms with E-state index in [0.717, 1.165) is 28.8 Å². The number of rotatable bonds is 4. The Morgan fingerprint density at radius 1 is 1.23 bits per heavy atom. The van der Waals surface area contributed by atoms with Crippen LogP contribution < -0.4 is 21.5 Å². The van der Waals surface area contributed by atoms with Gasteiger partial charge in [-0.1, -0.05) is 29.8 Å². The molecule has 4 rings (SSSR count). The van der Waals surface area contributed by atoms with E-state index in [0.29, 0.717) is 35.7 Å². The second kappa shape index (κ2) is 8.14. The Labute approximate surface area is 183 Å². The summed E-state index contributed by atoms with van der Waals surface area (Å²) in [6, 6.07) is 9.03. The van der Waals surface area contributed by atoms with Crippen LogP contribution in [0, 0.1) is 0 Å². The van der Waals surface area contributed by atoms with Crippen molar-refractivity contribution in [1.29, 1.82) is 0 Å². The van der Waals surface area contributed by atoms with Crippen molar-refractivity contribution >= 4 is 34.5 Å². The van der Waals surface area contributed by atoms with Crippen molar-refractivity contribution in [3.63, 3.8) is 0 Å². The minimum absolute atomic E-state index is 0.218. The molecule has 0 saturated carbocycles. The second-order valence-electron chi connectivity index (χ2n) is 7.85. The Morgan fingerprint density at radius 2 is 1.97 bits per heavy atom. The van der Waals surface area contributed by atoms with Crippen molar-refractivity contribution in [3.8, 4) is 0 Å². The van der Waals surface area contributed by atoms with E-state index >= 15 is 0 Å². The number of nitrogens with one attached hydrogen (secondary N) is 1. The van der Waals surface area contributed by atoms with Crippen LogP contribution in [-0.4, -0.2) is 44.0 Å². The molecule has 0 unspecified atom stereocenters. The van der Waals surface area contributed by atoms with Gasteiger partial charge in [-0.3, -0.25) is 13.9 Å². The molecule has 10 heteroatoms. The van der Waals surface area contributed by atoms with E-state index in [9.17, 15) is 14.4 Å². The van der Waals surface area contributed by atoms with E-state index in [2.05, 4.69) is 10.2 Å². The normalized spacial score (nSPS) is 16.6. The van der Waals surface area contributed by atoms with Gasteiger partial charge in [0.1, 0.15) is 11.3 Å². The highest BCUT2D eigenvalue weighted by Crippen LogP contribution is 2.29. The Kier molecular flexibility index (Phi) is 5.53.